The molecule has 5 nitrogen and oxygen atoms in total. The Morgan fingerprint density at radius 2 is 2.00 bits per heavy atom. The van der Waals surface area contributed by atoms with Crippen LogP contribution in [0.5, 0.6) is 0 Å². The number of ether oxygens (including phenoxy) is 1. The molecule has 0 amide bonds. The maximum Gasteiger partial charge on any atom is 0.343 e. The van der Waals surface area contributed by atoms with E-state index in [-0.39, 0.29) is 17.6 Å². The van der Waals surface area contributed by atoms with Gasteiger partial charge in [0.15, 0.2) is 0 Å². The minimum atomic E-state index is -0.586. The molecule has 2 aromatic rings. The molecule has 1 fully saturated rings. The number of aromatic nitrogens is 1. The number of carbonyl (C=O) groups excluding carboxylic acids is 1. The summed E-state index contributed by atoms with van der Waals surface area (Å²) in [7, 11) is 0. The van der Waals surface area contributed by atoms with Crippen LogP contribution in [0.2, 0.25) is 0 Å². The normalized spacial score (nSPS) is 14.8. The minimum absolute atomic E-state index is 0.0463. The van der Waals surface area contributed by atoms with E-state index in [1.807, 2.05) is 19.1 Å². The van der Waals surface area contributed by atoms with Crippen molar-refractivity contribution in [2.45, 2.75) is 52.0 Å². The summed E-state index contributed by atoms with van der Waals surface area (Å²) in [5.41, 5.74) is 7.08. The Bertz CT molecular complexity index is 746. The average Bonchev–Trinajstić information content (AvgIpc) is 2.57. The van der Waals surface area contributed by atoms with Gasteiger partial charge in [0, 0.05) is 23.1 Å². The van der Waals surface area contributed by atoms with E-state index >= 15 is 0 Å². The summed E-state index contributed by atoms with van der Waals surface area (Å²) in [6, 6.07) is 6.02. The minimum Gasteiger partial charge on any atom is -0.462 e. The molecule has 5 heteroatoms. The number of esters is 1. The molecule has 1 aromatic heterocycles. The van der Waals surface area contributed by atoms with Crippen molar-refractivity contribution in [3.05, 3.63) is 45.7 Å². The molecule has 1 aliphatic carbocycles. The van der Waals surface area contributed by atoms with Gasteiger partial charge in [-0.15, -0.1) is 0 Å². The third kappa shape index (κ3) is 4.68. The number of pyridine rings is 1. The molecule has 3 rings (SSSR count). The van der Waals surface area contributed by atoms with Crippen LogP contribution in [0, 0.1) is 6.92 Å². The van der Waals surface area contributed by atoms with Crippen LogP contribution in [0.4, 0.5) is 0 Å². The third-order valence-electron chi connectivity index (χ3n) is 4.18. The van der Waals surface area contributed by atoms with Gasteiger partial charge < -0.3 is 15.5 Å². The largest absolute Gasteiger partial charge is 0.462 e. The molecule has 0 aliphatic heterocycles. The molecule has 0 radical (unpaired) electrons. The molecule has 1 aromatic carbocycles. The highest BCUT2D eigenvalue weighted by Crippen LogP contribution is 2.14. The first kappa shape index (κ1) is 18.2. The fourth-order valence-corrected chi connectivity index (χ4v) is 2.83. The molecule has 130 valence electrons. The summed E-state index contributed by atoms with van der Waals surface area (Å²) in [5.74, 6) is -0.586. The standard InChI is InChI=1S/C13H13NO3.C6H13N/c1-3-17-13(16)10-7-14-11-5-4-8(2)6-9(11)12(10)15;7-6-4-2-1-3-5-6/h4-7H,3H2,1-2H3,(H,14,15);6H,1-5,7H2. The fraction of sp³-hybridized carbons (Fsp3) is 0.474. The van der Waals surface area contributed by atoms with Gasteiger partial charge >= 0.3 is 5.97 Å². The number of benzene rings is 1. The molecular weight excluding hydrogens is 304 g/mol. The molecule has 0 unspecified atom stereocenters. The highest BCUT2D eigenvalue weighted by molar-refractivity contribution is 5.93. The molecule has 1 heterocycles. The van der Waals surface area contributed by atoms with Gasteiger partial charge in [0.2, 0.25) is 5.43 Å². The zero-order valence-corrected chi connectivity index (χ0v) is 14.4. The predicted molar refractivity (Wildman–Crippen MR) is 96.3 cm³/mol. The second kappa shape index (κ2) is 8.64. The molecule has 1 saturated carbocycles. The van der Waals surface area contributed by atoms with Gasteiger partial charge in [0.05, 0.1) is 6.61 Å². The van der Waals surface area contributed by atoms with E-state index in [2.05, 4.69) is 4.98 Å². The first-order valence-electron chi connectivity index (χ1n) is 8.57. The van der Waals surface area contributed by atoms with Crippen molar-refractivity contribution in [1.29, 1.82) is 0 Å². The zero-order valence-electron chi connectivity index (χ0n) is 14.4. The monoisotopic (exact) mass is 330 g/mol. The summed E-state index contributed by atoms with van der Waals surface area (Å²) in [6.07, 6.45) is 8.06. The van der Waals surface area contributed by atoms with Gasteiger partial charge in [-0.3, -0.25) is 4.79 Å². The fourth-order valence-electron chi connectivity index (χ4n) is 2.83. The lowest BCUT2D eigenvalue weighted by Gasteiger charge is -2.15. The van der Waals surface area contributed by atoms with Crippen LogP contribution in [0.15, 0.2) is 29.2 Å². The maximum atomic E-state index is 12.1. The van der Waals surface area contributed by atoms with E-state index in [9.17, 15) is 9.59 Å². The third-order valence-corrected chi connectivity index (χ3v) is 4.18. The summed E-state index contributed by atoms with van der Waals surface area (Å²) in [6.45, 7) is 3.86. The van der Waals surface area contributed by atoms with Crippen molar-refractivity contribution >= 4 is 16.9 Å². The number of nitrogens with two attached hydrogens (primary N) is 1. The Hall–Kier alpha value is -2.14. The number of nitrogens with one attached hydrogen (secondary N) is 1. The smallest absolute Gasteiger partial charge is 0.343 e. The number of H-pyrrole nitrogens is 1. The van der Waals surface area contributed by atoms with Crippen LogP contribution < -0.4 is 11.2 Å². The Morgan fingerprint density at radius 1 is 1.29 bits per heavy atom. The molecule has 0 saturated heterocycles. The lowest BCUT2D eigenvalue weighted by molar-refractivity contribution is 0.0524. The SMILES string of the molecule is CCOC(=O)c1c[nH]c2ccc(C)cc2c1=O.NC1CCCCC1. The van der Waals surface area contributed by atoms with E-state index in [0.29, 0.717) is 16.9 Å². The Kier molecular flexibility index (Phi) is 6.55. The summed E-state index contributed by atoms with van der Waals surface area (Å²) < 4.78 is 4.83. The number of carbonyl (C=O) groups is 1. The Balaban J connectivity index is 0.000000249. The van der Waals surface area contributed by atoms with Gasteiger partial charge in [-0.05, 0) is 38.8 Å². The van der Waals surface area contributed by atoms with Crippen molar-refractivity contribution in [3.63, 3.8) is 0 Å². The topological polar surface area (TPSA) is 85.2 Å². The van der Waals surface area contributed by atoms with Crippen molar-refractivity contribution < 1.29 is 9.53 Å². The van der Waals surface area contributed by atoms with Crippen molar-refractivity contribution in [1.82, 2.24) is 4.98 Å². The second-order valence-electron chi connectivity index (χ2n) is 6.20. The maximum absolute atomic E-state index is 12.1. The molecule has 1 aliphatic rings. The Morgan fingerprint density at radius 3 is 2.58 bits per heavy atom. The molecule has 24 heavy (non-hydrogen) atoms. The second-order valence-corrected chi connectivity index (χ2v) is 6.20. The van der Waals surface area contributed by atoms with Crippen molar-refractivity contribution in [3.8, 4) is 0 Å². The van der Waals surface area contributed by atoms with E-state index in [1.165, 1.54) is 38.3 Å². The molecule has 0 atom stereocenters. The quantitative estimate of drug-likeness (QED) is 0.827. The van der Waals surface area contributed by atoms with Gasteiger partial charge in [0.1, 0.15) is 5.56 Å². The number of aryl methyl sites for hydroxylation is 1. The highest BCUT2D eigenvalue weighted by Gasteiger charge is 2.13. The van der Waals surface area contributed by atoms with E-state index < -0.39 is 5.97 Å². The number of aromatic amines is 1. The van der Waals surface area contributed by atoms with Crippen molar-refractivity contribution in [2.24, 2.45) is 5.73 Å². The summed E-state index contributed by atoms with van der Waals surface area (Å²) in [5, 5.41) is 0.510. The van der Waals surface area contributed by atoms with E-state index in [1.54, 1.807) is 13.0 Å². The van der Waals surface area contributed by atoms with Gasteiger partial charge in [-0.25, -0.2) is 4.79 Å². The number of hydrogen-bond acceptors (Lipinski definition) is 4. The summed E-state index contributed by atoms with van der Waals surface area (Å²) in [4.78, 5) is 26.6. The number of hydrogen-bond donors (Lipinski definition) is 2. The lowest BCUT2D eigenvalue weighted by Crippen LogP contribution is -2.22. The van der Waals surface area contributed by atoms with Crippen LogP contribution in [0.3, 0.4) is 0 Å². The zero-order chi connectivity index (χ0) is 17.5. The predicted octanol–water partition coefficient (Wildman–Crippen LogP) is 3.29. The highest BCUT2D eigenvalue weighted by atomic mass is 16.5. The Labute approximate surface area is 142 Å². The van der Waals surface area contributed by atoms with Gasteiger partial charge in [-0.2, -0.15) is 0 Å². The van der Waals surface area contributed by atoms with Crippen LogP contribution in [0.1, 0.15) is 54.9 Å². The van der Waals surface area contributed by atoms with Gasteiger partial charge in [-0.1, -0.05) is 30.9 Å². The number of rotatable bonds is 2. The molecule has 0 spiro atoms. The van der Waals surface area contributed by atoms with Crippen LogP contribution in [-0.4, -0.2) is 23.6 Å². The van der Waals surface area contributed by atoms with Crippen LogP contribution in [-0.2, 0) is 4.74 Å². The molecule has 0 bridgehead atoms. The van der Waals surface area contributed by atoms with E-state index in [4.69, 9.17) is 10.5 Å². The lowest BCUT2D eigenvalue weighted by atomic mass is 9.97. The van der Waals surface area contributed by atoms with Crippen LogP contribution >= 0.6 is 0 Å². The first-order valence-corrected chi connectivity index (χ1v) is 8.57. The molecular formula is C19H26N2O3. The number of fused-ring (bicyclic) bond motifs is 1. The average molecular weight is 330 g/mol. The first-order chi connectivity index (χ1) is 11.5. The van der Waals surface area contributed by atoms with Gasteiger partial charge in [0.25, 0.3) is 0 Å². The summed E-state index contributed by atoms with van der Waals surface area (Å²) >= 11 is 0. The van der Waals surface area contributed by atoms with Crippen LogP contribution in [0.25, 0.3) is 10.9 Å². The molecule has 3 N–H and O–H groups in total. The van der Waals surface area contributed by atoms with E-state index in [0.717, 1.165) is 5.56 Å². The van der Waals surface area contributed by atoms with Crippen molar-refractivity contribution in [2.75, 3.05) is 6.61 Å².